The van der Waals surface area contributed by atoms with Crippen LogP contribution in [0.1, 0.15) is 12.5 Å². The van der Waals surface area contributed by atoms with Gasteiger partial charge in [-0.05, 0) is 25.5 Å². The Hall–Kier alpha value is -1.46. The highest BCUT2D eigenvalue weighted by Gasteiger charge is 2.20. The third-order valence-electron chi connectivity index (χ3n) is 2.48. The van der Waals surface area contributed by atoms with E-state index in [0.717, 1.165) is 5.56 Å². The molecule has 0 aliphatic rings. The Morgan fingerprint density at radius 3 is 2.67 bits per heavy atom. The van der Waals surface area contributed by atoms with Crippen molar-refractivity contribution < 1.29 is 10.0 Å². The second-order valence-corrected chi connectivity index (χ2v) is 4.57. The Bertz CT molecular complexity index is 503. The van der Waals surface area contributed by atoms with Crippen LogP contribution in [0.15, 0.2) is 17.3 Å². The molecule has 1 rings (SSSR count). The number of carbonyl (C=O) groups excluding carboxylic acids is 1. The molecule has 0 saturated heterocycles. The maximum absolute atomic E-state index is 11.8. The van der Waals surface area contributed by atoms with E-state index in [1.54, 1.807) is 19.1 Å². The fourth-order valence-corrected chi connectivity index (χ4v) is 1.69. The lowest BCUT2D eigenvalue weighted by Gasteiger charge is -2.14. The summed E-state index contributed by atoms with van der Waals surface area (Å²) in [5, 5.41) is 14.5. The van der Waals surface area contributed by atoms with Gasteiger partial charge in [0.1, 0.15) is 0 Å². The van der Waals surface area contributed by atoms with E-state index < -0.39 is 11.8 Å². The van der Waals surface area contributed by atoms with E-state index in [-0.39, 0.29) is 5.84 Å². The molecule has 0 saturated carbocycles. The van der Waals surface area contributed by atoms with Crippen LogP contribution in [0.5, 0.6) is 0 Å². The molecule has 0 heterocycles. The molecule has 4 N–H and O–H groups in total. The standard InChI is InChI=1S/C11H13Cl2N3O2/c1-5-3-4-7(12)9(8(5)13)15-11(17)6(2)10(14)16-18/h3-4,6,18H,1-2H3,(H2,14,16)(H,15,17). The number of carbonyl (C=O) groups is 1. The van der Waals surface area contributed by atoms with Crippen LogP contribution >= 0.6 is 23.2 Å². The predicted molar refractivity (Wildman–Crippen MR) is 72.4 cm³/mol. The van der Waals surface area contributed by atoms with E-state index in [1.165, 1.54) is 6.92 Å². The third kappa shape index (κ3) is 3.05. The molecular formula is C11H13Cl2N3O2. The van der Waals surface area contributed by atoms with Crippen molar-refractivity contribution in [1.29, 1.82) is 0 Å². The molecule has 5 nitrogen and oxygen atoms in total. The summed E-state index contributed by atoms with van der Waals surface area (Å²) in [4.78, 5) is 11.8. The molecule has 7 heteroatoms. The Labute approximate surface area is 115 Å². The van der Waals surface area contributed by atoms with Gasteiger partial charge in [-0.2, -0.15) is 0 Å². The summed E-state index contributed by atoms with van der Waals surface area (Å²) in [6.07, 6.45) is 0. The summed E-state index contributed by atoms with van der Waals surface area (Å²) in [6.45, 7) is 3.29. The number of amidine groups is 1. The molecule has 0 spiro atoms. The predicted octanol–water partition coefficient (Wildman–Crippen LogP) is 2.62. The van der Waals surface area contributed by atoms with Gasteiger partial charge < -0.3 is 16.3 Å². The van der Waals surface area contributed by atoms with Crippen molar-refractivity contribution in [2.75, 3.05) is 5.32 Å². The first-order chi connectivity index (χ1) is 8.38. The Kier molecular flexibility index (Phi) is 4.81. The zero-order chi connectivity index (χ0) is 13.9. The topological polar surface area (TPSA) is 87.7 Å². The van der Waals surface area contributed by atoms with Crippen LogP contribution in [0.4, 0.5) is 5.69 Å². The monoisotopic (exact) mass is 289 g/mol. The molecule has 1 unspecified atom stereocenters. The van der Waals surface area contributed by atoms with Crippen LogP contribution in [0.25, 0.3) is 0 Å². The molecule has 1 aromatic rings. The average Bonchev–Trinajstić information content (AvgIpc) is 2.37. The smallest absolute Gasteiger partial charge is 0.235 e. The zero-order valence-electron chi connectivity index (χ0n) is 9.87. The van der Waals surface area contributed by atoms with E-state index in [2.05, 4.69) is 10.5 Å². The third-order valence-corrected chi connectivity index (χ3v) is 3.29. The van der Waals surface area contributed by atoms with Gasteiger partial charge in [-0.25, -0.2) is 0 Å². The molecule has 1 atom stereocenters. The number of halogens is 2. The molecule has 0 aliphatic carbocycles. The average molecular weight is 290 g/mol. The highest BCUT2D eigenvalue weighted by molar-refractivity contribution is 6.40. The van der Waals surface area contributed by atoms with E-state index >= 15 is 0 Å². The van der Waals surface area contributed by atoms with E-state index in [4.69, 9.17) is 34.1 Å². The number of aryl methyl sites for hydroxylation is 1. The molecule has 0 aromatic heterocycles. The second-order valence-electron chi connectivity index (χ2n) is 3.79. The van der Waals surface area contributed by atoms with Crippen LogP contribution < -0.4 is 11.1 Å². The summed E-state index contributed by atoms with van der Waals surface area (Å²) in [5.74, 6) is -1.44. The number of rotatable bonds is 3. The number of anilines is 1. The van der Waals surface area contributed by atoms with E-state index in [9.17, 15) is 4.79 Å². The van der Waals surface area contributed by atoms with Gasteiger partial charge in [0.25, 0.3) is 0 Å². The number of oxime groups is 1. The molecular weight excluding hydrogens is 277 g/mol. The fraction of sp³-hybridized carbons (Fsp3) is 0.273. The normalized spacial score (nSPS) is 13.2. The number of hydrogen-bond donors (Lipinski definition) is 3. The maximum atomic E-state index is 11.8. The number of nitrogens with zero attached hydrogens (tertiary/aromatic N) is 1. The Balaban J connectivity index is 2.99. The van der Waals surface area contributed by atoms with Gasteiger partial charge in [-0.3, -0.25) is 4.79 Å². The van der Waals surface area contributed by atoms with Crippen molar-refractivity contribution >= 4 is 40.6 Å². The van der Waals surface area contributed by atoms with Crippen LogP contribution in [0.3, 0.4) is 0 Å². The minimum absolute atomic E-state index is 0.188. The van der Waals surface area contributed by atoms with Gasteiger partial charge >= 0.3 is 0 Å². The fourth-order valence-electron chi connectivity index (χ4n) is 1.22. The molecule has 0 bridgehead atoms. The lowest BCUT2D eigenvalue weighted by atomic mass is 10.1. The van der Waals surface area contributed by atoms with E-state index in [1.807, 2.05) is 0 Å². The van der Waals surface area contributed by atoms with Crippen LogP contribution in [0, 0.1) is 12.8 Å². The molecule has 0 radical (unpaired) electrons. The summed E-state index contributed by atoms with van der Waals surface area (Å²) in [6, 6.07) is 3.37. The van der Waals surface area contributed by atoms with Gasteiger partial charge in [0.15, 0.2) is 5.84 Å². The second kappa shape index (κ2) is 5.93. The molecule has 0 fully saturated rings. The largest absolute Gasteiger partial charge is 0.409 e. The molecule has 1 aromatic carbocycles. The lowest BCUT2D eigenvalue weighted by molar-refractivity contribution is -0.117. The van der Waals surface area contributed by atoms with Crippen molar-refractivity contribution in [3.63, 3.8) is 0 Å². The molecule has 1 amide bonds. The number of hydrogen-bond acceptors (Lipinski definition) is 3. The van der Waals surface area contributed by atoms with Crippen molar-refractivity contribution in [2.45, 2.75) is 13.8 Å². The molecule has 18 heavy (non-hydrogen) atoms. The van der Waals surface area contributed by atoms with E-state index in [0.29, 0.717) is 15.7 Å². The van der Waals surface area contributed by atoms with Gasteiger partial charge in [0.05, 0.1) is 21.7 Å². The van der Waals surface area contributed by atoms with Crippen molar-refractivity contribution in [1.82, 2.24) is 0 Å². The quantitative estimate of drug-likeness (QED) is 0.346. The number of nitrogens with two attached hydrogens (primary N) is 1. The number of amides is 1. The maximum Gasteiger partial charge on any atom is 0.235 e. The zero-order valence-corrected chi connectivity index (χ0v) is 11.4. The van der Waals surface area contributed by atoms with Gasteiger partial charge in [-0.15, -0.1) is 0 Å². The minimum Gasteiger partial charge on any atom is -0.409 e. The summed E-state index contributed by atoms with van der Waals surface area (Å²) < 4.78 is 0. The first-order valence-corrected chi connectivity index (χ1v) is 5.87. The lowest BCUT2D eigenvalue weighted by Crippen LogP contribution is -2.32. The van der Waals surface area contributed by atoms with Crippen molar-refractivity contribution in [2.24, 2.45) is 16.8 Å². The SMILES string of the molecule is Cc1ccc(Cl)c(NC(=O)C(C)C(N)=NO)c1Cl. The van der Waals surface area contributed by atoms with Gasteiger partial charge in [0, 0.05) is 0 Å². The van der Waals surface area contributed by atoms with Crippen LogP contribution in [0.2, 0.25) is 10.0 Å². The first kappa shape index (κ1) is 14.6. The van der Waals surface area contributed by atoms with Crippen LogP contribution in [-0.4, -0.2) is 17.0 Å². The number of nitrogens with one attached hydrogen (secondary N) is 1. The summed E-state index contributed by atoms with van der Waals surface area (Å²) in [5.41, 5.74) is 6.46. The summed E-state index contributed by atoms with van der Waals surface area (Å²) >= 11 is 12.0. The molecule has 98 valence electrons. The highest BCUT2D eigenvalue weighted by Crippen LogP contribution is 2.33. The number of benzene rings is 1. The Morgan fingerprint density at radius 1 is 1.50 bits per heavy atom. The minimum atomic E-state index is -0.789. The van der Waals surface area contributed by atoms with Crippen molar-refractivity contribution in [3.8, 4) is 0 Å². The highest BCUT2D eigenvalue weighted by atomic mass is 35.5. The van der Waals surface area contributed by atoms with Crippen LogP contribution in [-0.2, 0) is 4.79 Å². The summed E-state index contributed by atoms with van der Waals surface area (Å²) in [7, 11) is 0. The molecule has 0 aliphatic heterocycles. The van der Waals surface area contributed by atoms with Crippen molar-refractivity contribution in [3.05, 3.63) is 27.7 Å². The van der Waals surface area contributed by atoms with Gasteiger partial charge in [0.2, 0.25) is 5.91 Å². The first-order valence-electron chi connectivity index (χ1n) is 5.11. The Morgan fingerprint density at radius 2 is 2.11 bits per heavy atom. The van der Waals surface area contributed by atoms with Gasteiger partial charge in [-0.1, -0.05) is 34.4 Å².